The highest BCUT2D eigenvalue weighted by Gasteiger charge is 2.27. The van der Waals surface area contributed by atoms with E-state index in [1.54, 1.807) is 23.0 Å². The monoisotopic (exact) mass is 259 g/mol. The molecule has 1 unspecified atom stereocenters. The van der Waals surface area contributed by atoms with E-state index in [1.807, 2.05) is 12.2 Å². The van der Waals surface area contributed by atoms with Gasteiger partial charge in [-0.1, -0.05) is 12.1 Å². The van der Waals surface area contributed by atoms with Crippen LogP contribution in [-0.4, -0.2) is 15.3 Å². The molecule has 1 aliphatic heterocycles. The number of nitrogen functional groups attached to an aromatic ring is 1. The number of rotatable bonds is 2. The Labute approximate surface area is 109 Å². The summed E-state index contributed by atoms with van der Waals surface area (Å²) in [5, 5.41) is 0. The van der Waals surface area contributed by atoms with Crippen LogP contribution in [0.25, 0.3) is 6.08 Å². The minimum Gasteiger partial charge on any atom is -0.382 e. The van der Waals surface area contributed by atoms with Crippen molar-refractivity contribution in [3.63, 3.8) is 0 Å². The van der Waals surface area contributed by atoms with E-state index in [-0.39, 0.29) is 5.82 Å². The van der Waals surface area contributed by atoms with Crippen LogP contribution in [0.2, 0.25) is 0 Å². The fraction of sp³-hybridized carbons (Fsp3) is 0.154. The van der Waals surface area contributed by atoms with Gasteiger partial charge in [-0.2, -0.15) is 0 Å². The lowest BCUT2D eigenvalue weighted by atomic mass is 9.99. The summed E-state index contributed by atoms with van der Waals surface area (Å²) in [6.07, 6.45) is 5.73. The largest absolute Gasteiger partial charge is 0.382 e. The maximum absolute atomic E-state index is 12.9. The van der Waals surface area contributed by atoms with E-state index in [0.29, 0.717) is 18.1 Å². The van der Waals surface area contributed by atoms with Crippen molar-refractivity contribution in [2.24, 2.45) is 5.73 Å². The lowest BCUT2D eigenvalue weighted by Crippen LogP contribution is -2.53. The Morgan fingerprint density at radius 2 is 2.05 bits per heavy atom. The molecular weight excluding hydrogens is 245 g/mol. The highest BCUT2D eigenvalue weighted by Crippen LogP contribution is 2.20. The second kappa shape index (κ2) is 4.10. The molecule has 19 heavy (non-hydrogen) atoms. The van der Waals surface area contributed by atoms with Crippen LogP contribution in [0.4, 0.5) is 10.2 Å². The summed E-state index contributed by atoms with van der Waals surface area (Å²) >= 11 is 0. The first-order valence-electron chi connectivity index (χ1n) is 5.90. The van der Waals surface area contributed by atoms with Crippen molar-refractivity contribution in [2.45, 2.75) is 12.1 Å². The van der Waals surface area contributed by atoms with Crippen LogP contribution < -0.4 is 16.9 Å². The molecule has 2 heterocycles. The molecule has 1 aliphatic rings. The zero-order valence-electron chi connectivity index (χ0n) is 10.2. The predicted molar refractivity (Wildman–Crippen MR) is 72.1 cm³/mol. The molecule has 0 radical (unpaired) electrons. The number of benzene rings is 1. The molecule has 5 N–H and O–H groups in total. The molecule has 0 amide bonds. The molecule has 0 spiro atoms. The normalized spacial score (nSPS) is 20.9. The number of nitrogens with one attached hydrogen (secondary N) is 1. The first-order valence-corrected chi connectivity index (χ1v) is 5.90. The molecule has 5 nitrogen and oxygen atoms in total. The fourth-order valence-electron chi connectivity index (χ4n) is 2.13. The molecule has 0 saturated heterocycles. The van der Waals surface area contributed by atoms with Gasteiger partial charge in [0.1, 0.15) is 17.3 Å². The maximum atomic E-state index is 12.9. The second-order valence-electron chi connectivity index (χ2n) is 4.67. The van der Waals surface area contributed by atoms with Crippen molar-refractivity contribution in [2.75, 3.05) is 11.2 Å². The Balaban J connectivity index is 1.85. The summed E-state index contributed by atoms with van der Waals surface area (Å²) in [5.41, 5.74) is 15.3. The smallest absolute Gasteiger partial charge is 0.153 e. The van der Waals surface area contributed by atoms with Crippen LogP contribution in [0.3, 0.4) is 0 Å². The van der Waals surface area contributed by atoms with E-state index in [4.69, 9.17) is 11.5 Å². The number of nitrogens with zero attached hydrogens (tertiary/aromatic N) is 2. The van der Waals surface area contributed by atoms with E-state index in [1.165, 1.54) is 12.1 Å². The van der Waals surface area contributed by atoms with E-state index < -0.39 is 5.66 Å². The number of halogens is 1. The third-order valence-corrected chi connectivity index (χ3v) is 3.08. The van der Waals surface area contributed by atoms with Gasteiger partial charge in [-0.15, -0.1) is 0 Å². The van der Waals surface area contributed by atoms with Gasteiger partial charge >= 0.3 is 0 Å². The standard InChI is InChI=1S/C13H14FN5/c14-10-3-1-9(2-4-10)7-13(16)6-5-12-17-8-11(15)19(12)18-13/h1-6,8,18H,7,15-16H2. The zero-order valence-corrected chi connectivity index (χ0v) is 10.2. The first kappa shape index (κ1) is 11.7. The van der Waals surface area contributed by atoms with Gasteiger partial charge in [0, 0.05) is 6.42 Å². The van der Waals surface area contributed by atoms with Gasteiger partial charge in [0.2, 0.25) is 0 Å². The van der Waals surface area contributed by atoms with E-state index >= 15 is 0 Å². The van der Waals surface area contributed by atoms with Crippen molar-refractivity contribution in [1.29, 1.82) is 0 Å². The summed E-state index contributed by atoms with van der Waals surface area (Å²) in [4.78, 5) is 4.12. The van der Waals surface area contributed by atoms with Crippen LogP contribution in [0.5, 0.6) is 0 Å². The molecule has 0 aliphatic carbocycles. The SMILES string of the molecule is Nc1cnc2n1NC(N)(Cc1ccc(F)cc1)C=C2. The van der Waals surface area contributed by atoms with Gasteiger partial charge in [-0.3, -0.25) is 5.43 Å². The molecule has 98 valence electrons. The summed E-state index contributed by atoms with van der Waals surface area (Å²) in [5.74, 6) is 0.939. The summed E-state index contributed by atoms with van der Waals surface area (Å²) in [7, 11) is 0. The second-order valence-corrected chi connectivity index (χ2v) is 4.67. The Morgan fingerprint density at radius 3 is 2.79 bits per heavy atom. The maximum Gasteiger partial charge on any atom is 0.153 e. The van der Waals surface area contributed by atoms with E-state index in [9.17, 15) is 4.39 Å². The topological polar surface area (TPSA) is 81.9 Å². The van der Waals surface area contributed by atoms with Crippen molar-refractivity contribution in [1.82, 2.24) is 9.66 Å². The molecule has 1 aromatic heterocycles. The van der Waals surface area contributed by atoms with Gasteiger partial charge in [0.05, 0.1) is 6.20 Å². The third-order valence-electron chi connectivity index (χ3n) is 3.08. The molecule has 0 bridgehead atoms. The number of imidazole rings is 1. The summed E-state index contributed by atoms with van der Waals surface area (Å²) < 4.78 is 14.5. The minimum atomic E-state index is -0.778. The van der Waals surface area contributed by atoms with Crippen LogP contribution in [0.1, 0.15) is 11.4 Å². The van der Waals surface area contributed by atoms with Gasteiger partial charge in [0.15, 0.2) is 5.82 Å². The van der Waals surface area contributed by atoms with E-state index in [2.05, 4.69) is 10.4 Å². The lowest BCUT2D eigenvalue weighted by molar-refractivity contribution is 0.523. The highest BCUT2D eigenvalue weighted by atomic mass is 19.1. The number of nitrogens with two attached hydrogens (primary N) is 2. The van der Waals surface area contributed by atoms with Crippen LogP contribution in [-0.2, 0) is 6.42 Å². The lowest BCUT2D eigenvalue weighted by Gasteiger charge is -2.32. The Morgan fingerprint density at radius 1 is 1.32 bits per heavy atom. The van der Waals surface area contributed by atoms with Crippen molar-refractivity contribution >= 4 is 11.9 Å². The molecule has 0 saturated carbocycles. The Kier molecular flexibility index (Phi) is 2.53. The quantitative estimate of drug-likeness (QED) is 0.753. The van der Waals surface area contributed by atoms with Crippen molar-refractivity contribution in [3.8, 4) is 0 Å². The van der Waals surface area contributed by atoms with Crippen molar-refractivity contribution in [3.05, 3.63) is 53.7 Å². The molecule has 1 aromatic carbocycles. The average molecular weight is 259 g/mol. The number of anilines is 1. The van der Waals surface area contributed by atoms with Gasteiger partial charge in [0.25, 0.3) is 0 Å². The van der Waals surface area contributed by atoms with Crippen LogP contribution in [0, 0.1) is 5.82 Å². The molecule has 0 fully saturated rings. The highest BCUT2D eigenvalue weighted by molar-refractivity contribution is 5.52. The number of aromatic nitrogens is 2. The van der Waals surface area contributed by atoms with Crippen LogP contribution >= 0.6 is 0 Å². The Hall–Kier alpha value is -2.34. The first-order chi connectivity index (χ1) is 9.06. The summed E-state index contributed by atoms with van der Waals surface area (Å²) in [6.45, 7) is 0. The summed E-state index contributed by atoms with van der Waals surface area (Å²) in [6, 6.07) is 6.27. The van der Waals surface area contributed by atoms with E-state index in [0.717, 1.165) is 5.56 Å². The predicted octanol–water partition coefficient (Wildman–Crippen LogP) is 1.07. The molecule has 1 atom stereocenters. The Bertz CT molecular complexity index is 631. The van der Waals surface area contributed by atoms with Gasteiger partial charge < -0.3 is 11.5 Å². The average Bonchev–Trinajstić information content (AvgIpc) is 2.73. The molecular formula is C13H14FN5. The third kappa shape index (κ3) is 2.17. The van der Waals surface area contributed by atoms with Gasteiger partial charge in [-0.25, -0.2) is 14.1 Å². The number of hydrogen-bond donors (Lipinski definition) is 3. The molecule has 6 heteroatoms. The van der Waals surface area contributed by atoms with Crippen molar-refractivity contribution < 1.29 is 4.39 Å². The van der Waals surface area contributed by atoms with Crippen LogP contribution in [0.15, 0.2) is 36.5 Å². The van der Waals surface area contributed by atoms with Gasteiger partial charge in [-0.05, 0) is 29.8 Å². The fourth-order valence-corrected chi connectivity index (χ4v) is 2.13. The minimum absolute atomic E-state index is 0.261. The molecule has 2 aromatic rings. The molecule has 3 rings (SSSR count). The zero-order chi connectivity index (χ0) is 13.5. The number of hydrogen-bond acceptors (Lipinski definition) is 4. The number of fused-ring (bicyclic) bond motifs is 1.